The predicted molar refractivity (Wildman–Crippen MR) is 306 cm³/mol. The summed E-state index contributed by atoms with van der Waals surface area (Å²) < 4.78 is 5.46. The summed E-state index contributed by atoms with van der Waals surface area (Å²) in [6.45, 7) is 4.85. The summed E-state index contributed by atoms with van der Waals surface area (Å²) in [5, 5.41) is 23.1. The molecule has 3 N–H and O–H groups in total. The van der Waals surface area contributed by atoms with Crippen molar-refractivity contribution < 1.29 is 24.5 Å². The lowest BCUT2D eigenvalue weighted by Crippen LogP contribution is -2.45. The zero-order chi connectivity index (χ0) is 50.7. The van der Waals surface area contributed by atoms with Crippen molar-refractivity contribution in [1.82, 2.24) is 5.32 Å². The van der Waals surface area contributed by atoms with Gasteiger partial charge in [-0.25, -0.2) is 0 Å². The first kappa shape index (κ1) is 67.8. The second kappa shape index (κ2) is 59.4. The first-order valence-corrected chi connectivity index (χ1v) is 30.9. The molecule has 0 aliphatic rings. The molecule has 0 aliphatic heterocycles. The fraction of sp³-hybridized carbons (Fsp3) is 0.844. The molecule has 1 amide bonds. The third-order valence-electron chi connectivity index (χ3n) is 14.1. The molecule has 0 aromatic carbocycles. The normalized spacial score (nSPS) is 12.9. The van der Waals surface area contributed by atoms with Gasteiger partial charge in [0.15, 0.2) is 0 Å². The molecule has 6 heteroatoms. The van der Waals surface area contributed by atoms with Crippen molar-refractivity contribution in [2.24, 2.45) is 0 Å². The van der Waals surface area contributed by atoms with Crippen LogP contribution in [0.25, 0.3) is 0 Å². The Morgan fingerprint density at radius 1 is 0.400 bits per heavy atom. The number of carbonyl (C=O) groups excluding carboxylic acids is 2. The highest BCUT2D eigenvalue weighted by atomic mass is 16.5. The van der Waals surface area contributed by atoms with E-state index in [0.717, 1.165) is 51.4 Å². The van der Waals surface area contributed by atoms with E-state index < -0.39 is 12.1 Å². The molecule has 70 heavy (non-hydrogen) atoms. The maximum Gasteiger partial charge on any atom is 0.305 e. The molecule has 0 spiro atoms. The second-order valence-corrected chi connectivity index (χ2v) is 21.0. The van der Waals surface area contributed by atoms with Gasteiger partial charge in [0.1, 0.15) is 0 Å². The standard InChI is InChI=1S/C64H119NO5/c1-3-5-7-9-11-13-15-17-19-21-22-23-24-25-26-27-28-29-32-36-40-44-48-52-56-62(67)61(60-66)65-63(68)57-53-49-45-41-37-33-31-35-39-43-47-51-55-59-70-64(69)58-54-50-46-42-38-34-30-20-18-16-14-12-10-8-6-4-2/h20,30,33,37,45,49,52,56,61-62,66-67H,3-19,21-29,31-32,34-36,38-44,46-48,50-51,53-55,57-60H2,1-2H3,(H,65,68)/b30-20-,37-33-,49-45-,56-52+. The van der Waals surface area contributed by atoms with Crippen molar-refractivity contribution >= 4 is 11.9 Å². The minimum atomic E-state index is -0.882. The number of carbonyl (C=O) groups is 2. The quantitative estimate of drug-likeness (QED) is 0.0321. The minimum Gasteiger partial charge on any atom is -0.466 e. The van der Waals surface area contributed by atoms with Crippen LogP contribution >= 0.6 is 0 Å². The number of allylic oxidation sites excluding steroid dienone is 7. The summed E-state index contributed by atoms with van der Waals surface area (Å²) in [6, 6.07) is -0.674. The Kier molecular flexibility index (Phi) is 57.5. The molecule has 0 aromatic heterocycles. The largest absolute Gasteiger partial charge is 0.466 e. The van der Waals surface area contributed by atoms with E-state index in [0.29, 0.717) is 25.9 Å². The number of hydrogen-bond donors (Lipinski definition) is 3. The number of amides is 1. The van der Waals surface area contributed by atoms with Crippen LogP contribution in [0.3, 0.4) is 0 Å². The van der Waals surface area contributed by atoms with Crippen molar-refractivity contribution in [3.05, 3.63) is 48.6 Å². The van der Waals surface area contributed by atoms with Gasteiger partial charge < -0.3 is 20.3 Å². The van der Waals surface area contributed by atoms with Gasteiger partial charge in [-0.05, 0) is 77.0 Å². The van der Waals surface area contributed by atoms with E-state index in [4.69, 9.17) is 4.74 Å². The second-order valence-electron chi connectivity index (χ2n) is 21.0. The van der Waals surface area contributed by atoms with Gasteiger partial charge >= 0.3 is 5.97 Å². The highest BCUT2D eigenvalue weighted by Gasteiger charge is 2.17. The third kappa shape index (κ3) is 55.1. The van der Waals surface area contributed by atoms with Crippen LogP contribution in [-0.4, -0.2) is 47.4 Å². The number of rotatable bonds is 57. The zero-order valence-electron chi connectivity index (χ0n) is 46.7. The Morgan fingerprint density at radius 2 is 0.729 bits per heavy atom. The number of unbranched alkanes of at least 4 members (excludes halogenated alkanes) is 40. The molecule has 0 aromatic rings. The Balaban J connectivity index is 3.56. The Bertz CT molecular complexity index is 1180. The number of esters is 1. The van der Waals surface area contributed by atoms with E-state index in [1.54, 1.807) is 6.08 Å². The van der Waals surface area contributed by atoms with E-state index in [-0.39, 0.29) is 18.5 Å². The molecule has 0 rings (SSSR count). The average Bonchev–Trinajstić information content (AvgIpc) is 3.36. The Labute approximate surface area is 436 Å². The van der Waals surface area contributed by atoms with E-state index in [1.165, 1.54) is 238 Å². The van der Waals surface area contributed by atoms with E-state index in [1.807, 2.05) is 12.2 Å². The zero-order valence-corrected chi connectivity index (χ0v) is 46.7. The van der Waals surface area contributed by atoms with Gasteiger partial charge in [0.2, 0.25) is 5.91 Å². The average molecular weight is 983 g/mol. The third-order valence-corrected chi connectivity index (χ3v) is 14.1. The monoisotopic (exact) mass is 982 g/mol. The number of aliphatic hydroxyl groups excluding tert-OH is 2. The molecule has 0 bridgehead atoms. The van der Waals surface area contributed by atoms with Gasteiger partial charge in [-0.15, -0.1) is 0 Å². The molecule has 2 unspecified atom stereocenters. The molecule has 0 fully saturated rings. The van der Waals surface area contributed by atoms with Gasteiger partial charge in [0.05, 0.1) is 25.4 Å². The number of aliphatic hydroxyl groups is 2. The predicted octanol–water partition coefficient (Wildman–Crippen LogP) is 19.4. The molecule has 410 valence electrons. The van der Waals surface area contributed by atoms with Crippen LogP contribution in [0.1, 0.15) is 322 Å². The summed E-state index contributed by atoms with van der Waals surface area (Å²) >= 11 is 0. The van der Waals surface area contributed by atoms with E-state index in [2.05, 4.69) is 49.5 Å². The summed E-state index contributed by atoms with van der Waals surface area (Å²) in [5.41, 5.74) is 0. The van der Waals surface area contributed by atoms with Crippen molar-refractivity contribution in [1.29, 1.82) is 0 Å². The lowest BCUT2D eigenvalue weighted by atomic mass is 10.0. The topological polar surface area (TPSA) is 95.9 Å². The fourth-order valence-electron chi connectivity index (χ4n) is 9.33. The Morgan fingerprint density at radius 3 is 1.13 bits per heavy atom. The summed E-state index contributed by atoms with van der Waals surface area (Å²) in [7, 11) is 0. The number of ether oxygens (including phenoxy) is 1. The van der Waals surface area contributed by atoms with Crippen LogP contribution in [0.4, 0.5) is 0 Å². The Hall–Kier alpha value is -2.18. The van der Waals surface area contributed by atoms with Gasteiger partial charge in [-0.1, -0.05) is 281 Å². The van der Waals surface area contributed by atoms with Crippen LogP contribution in [0.5, 0.6) is 0 Å². The number of nitrogens with one attached hydrogen (secondary N) is 1. The van der Waals surface area contributed by atoms with Crippen molar-refractivity contribution in [3.63, 3.8) is 0 Å². The van der Waals surface area contributed by atoms with Crippen LogP contribution in [0.2, 0.25) is 0 Å². The van der Waals surface area contributed by atoms with E-state index >= 15 is 0 Å². The summed E-state index contributed by atoms with van der Waals surface area (Å²) in [4.78, 5) is 24.5. The molecule has 0 heterocycles. The van der Waals surface area contributed by atoms with Crippen molar-refractivity contribution in [3.8, 4) is 0 Å². The van der Waals surface area contributed by atoms with Gasteiger partial charge in [-0.3, -0.25) is 9.59 Å². The molecule has 0 aliphatic carbocycles. The SMILES string of the molecule is CCCCCCCCC/C=C\CCCCCCCC(=O)OCCCCCCCC/C=C\C/C=C\CCC(=O)NC(CO)C(O)/C=C/CCCCCCCCCCCCCCCCCCCCCCCC. The smallest absolute Gasteiger partial charge is 0.305 e. The molecule has 0 saturated heterocycles. The van der Waals surface area contributed by atoms with Crippen molar-refractivity contribution in [2.45, 2.75) is 334 Å². The highest BCUT2D eigenvalue weighted by molar-refractivity contribution is 5.76. The summed E-state index contributed by atoms with van der Waals surface area (Å²) in [5.74, 6) is -0.172. The van der Waals surface area contributed by atoms with E-state index in [9.17, 15) is 19.8 Å². The molecule has 0 radical (unpaired) electrons. The molecular formula is C64H119NO5. The lowest BCUT2D eigenvalue weighted by molar-refractivity contribution is -0.143. The van der Waals surface area contributed by atoms with Gasteiger partial charge in [0.25, 0.3) is 0 Å². The highest BCUT2D eigenvalue weighted by Crippen LogP contribution is 2.17. The van der Waals surface area contributed by atoms with Crippen LogP contribution < -0.4 is 5.32 Å². The molecule has 2 atom stereocenters. The van der Waals surface area contributed by atoms with Crippen molar-refractivity contribution in [2.75, 3.05) is 13.2 Å². The maximum atomic E-state index is 12.5. The van der Waals surface area contributed by atoms with Gasteiger partial charge in [-0.2, -0.15) is 0 Å². The summed E-state index contributed by atoms with van der Waals surface area (Å²) in [6.07, 6.45) is 75.9. The lowest BCUT2D eigenvalue weighted by Gasteiger charge is -2.19. The first-order valence-electron chi connectivity index (χ1n) is 30.9. The first-order chi connectivity index (χ1) is 34.5. The fourth-order valence-corrected chi connectivity index (χ4v) is 9.33. The van der Waals surface area contributed by atoms with Crippen LogP contribution in [-0.2, 0) is 14.3 Å². The molecule has 6 nitrogen and oxygen atoms in total. The number of hydrogen-bond acceptors (Lipinski definition) is 5. The van der Waals surface area contributed by atoms with Gasteiger partial charge in [0, 0.05) is 12.8 Å². The maximum absolute atomic E-state index is 12.5. The molecule has 0 saturated carbocycles. The molecular weight excluding hydrogens is 863 g/mol. The van der Waals surface area contributed by atoms with Crippen LogP contribution in [0.15, 0.2) is 48.6 Å². The minimum absolute atomic E-state index is 0.0257. The van der Waals surface area contributed by atoms with Crippen LogP contribution in [0, 0.1) is 0 Å².